The molecule has 0 aliphatic heterocycles. The predicted octanol–water partition coefficient (Wildman–Crippen LogP) is 2.06. The van der Waals surface area contributed by atoms with E-state index in [4.69, 9.17) is 4.74 Å². The highest BCUT2D eigenvalue weighted by atomic mass is 32.2. The normalized spacial score (nSPS) is 12.5. The highest BCUT2D eigenvalue weighted by molar-refractivity contribution is 7.99. The number of carbonyl (C=O) groups excluding carboxylic acids is 1. The summed E-state index contributed by atoms with van der Waals surface area (Å²) in [6, 6.07) is -0.121. The van der Waals surface area contributed by atoms with Crippen LogP contribution < -0.4 is 5.32 Å². The second-order valence-electron chi connectivity index (χ2n) is 3.24. The fraction of sp³-hybridized carbons (Fsp3) is 0.909. The summed E-state index contributed by atoms with van der Waals surface area (Å²) in [5.74, 6) is 2.00. The summed E-state index contributed by atoms with van der Waals surface area (Å²) in [7, 11) is 0. The van der Waals surface area contributed by atoms with Gasteiger partial charge in [0.05, 0.1) is 6.61 Å². The van der Waals surface area contributed by atoms with Crippen LogP contribution in [-0.2, 0) is 9.53 Å². The zero-order valence-electron chi connectivity index (χ0n) is 10.0. The van der Waals surface area contributed by atoms with Gasteiger partial charge < -0.3 is 10.1 Å². The number of nitrogens with one attached hydrogen (secondary N) is 1. The lowest BCUT2D eigenvalue weighted by atomic mass is 10.2. The van der Waals surface area contributed by atoms with E-state index in [2.05, 4.69) is 19.2 Å². The number of hydrogen-bond donors (Lipinski definition) is 1. The Morgan fingerprint density at radius 2 is 2.13 bits per heavy atom. The van der Waals surface area contributed by atoms with Gasteiger partial charge in [-0.05, 0) is 37.8 Å². The Balaban J connectivity index is 3.87. The average molecular weight is 233 g/mol. The van der Waals surface area contributed by atoms with Crippen LogP contribution in [0.2, 0.25) is 0 Å². The van der Waals surface area contributed by atoms with E-state index in [1.54, 1.807) is 0 Å². The number of ether oxygens (including phenoxy) is 1. The first-order chi connectivity index (χ1) is 7.26. The molecule has 90 valence electrons. The summed E-state index contributed by atoms with van der Waals surface area (Å²) in [6.45, 7) is 7.40. The van der Waals surface area contributed by atoms with Gasteiger partial charge in [0, 0.05) is 0 Å². The molecular formula is C11H23NO2S. The molecule has 1 N–H and O–H groups in total. The molecule has 15 heavy (non-hydrogen) atoms. The van der Waals surface area contributed by atoms with Gasteiger partial charge in [0.2, 0.25) is 0 Å². The molecule has 0 saturated carbocycles. The summed E-state index contributed by atoms with van der Waals surface area (Å²) in [5, 5.41) is 3.23. The molecular weight excluding hydrogens is 210 g/mol. The Morgan fingerprint density at radius 3 is 2.67 bits per heavy atom. The standard InChI is InChI=1S/C11H23NO2S/c1-4-8-12-10(7-9-15-6-3)11(13)14-5-2/h10,12H,4-9H2,1-3H3. The molecule has 0 fully saturated rings. The minimum atomic E-state index is -0.121. The quantitative estimate of drug-likeness (QED) is 0.489. The van der Waals surface area contributed by atoms with Crippen LogP contribution in [0.25, 0.3) is 0 Å². The second kappa shape index (κ2) is 10.3. The highest BCUT2D eigenvalue weighted by Gasteiger charge is 2.17. The fourth-order valence-corrected chi connectivity index (χ4v) is 1.90. The zero-order valence-corrected chi connectivity index (χ0v) is 10.9. The van der Waals surface area contributed by atoms with Gasteiger partial charge in [-0.1, -0.05) is 13.8 Å². The van der Waals surface area contributed by atoms with Crippen molar-refractivity contribution in [3.63, 3.8) is 0 Å². The van der Waals surface area contributed by atoms with Gasteiger partial charge in [-0.3, -0.25) is 4.79 Å². The van der Waals surface area contributed by atoms with E-state index in [0.717, 1.165) is 30.9 Å². The van der Waals surface area contributed by atoms with Crippen molar-refractivity contribution in [1.29, 1.82) is 0 Å². The van der Waals surface area contributed by atoms with E-state index in [-0.39, 0.29) is 12.0 Å². The maximum atomic E-state index is 11.5. The molecule has 0 radical (unpaired) electrons. The Bertz CT molecular complexity index is 165. The predicted molar refractivity (Wildman–Crippen MR) is 66.3 cm³/mol. The fourth-order valence-electron chi connectivity index (χ4n) is 1.21. The van der Waals surface area contributed by atoms with Crippen LogP contribution in [0.4, 0.5) is 0 Å². The third-order valence-corrected chi connectivity index (χ3v) is 2.90. The highest BCUT2D eigenvalue weighted by Crippen LogP contribution is 2.05. The van der Waals surface area contributed by atoms with Crippen molar-refractivity contribution in [1.82, 2.24) is 5.32 Å². The summed E-state index contributed by atoms with van der Waals surface area (Å²) in [6.07, 6.45) is 1.90. The van der Waals surface area contributed by atoms with Gasteiger partial charge in [-0.2, -0.15) is 11.8 Å². The first kappa shape index (κ1) is 14.8. The van der Waals surface area contributed by atoms with Gasteiger partial charge in [-0.15, -0.1) is 0 Å². The molecule has 0 saturated heterocycles. The molecule has 0 bridgehead atoms. The minimum absolute atomic E-state index is 0.109. The van der Waals surface area contributed by atoms with Crippen molar-refractivity contribution in [2.75, 3.05) is 24.7 Å². The molecule has 0 aliphatic rings. The van der Waals surface area contributed by atoms with E-state index in [0.29, 0.717) is 6.61 Å². The molecule has 4 heteroatoms. The summed E-state index contributed by atoms with van der Waals surface area (Å²) >= 11 is 1.86. The lowest BCUT2D eigenvalue weighted by Gasteiger charge is -2.16. The van der Waals surface area contributed by atoms with Crippen LogP contribution in [-0.4, -0.2) is 36.7 Å². The Labute approximate surface area is 97.3 Å². The molecule has 1 atom stereocenters. The topological polar surface area (TPSA) is 38.3 Å². The Morgan fingerprint density at radius 1 is 1.40 bits per heavy atom. The third kappa shape index (κ3) is 7.68. The number of carbonyl (C=O) groups is 1. The van der Waals surface area contributed by atoms with E-state index >= 15 is 0 Å². The van der Waals surface area contributed by atoms with Crippen molar-refractivity contribution in [3.05, 3.63) is 0 Å². The summed E-state index contributed by atoms with van der Waals surface area (Å²) in [4.78, 5) is 11.5. The summed E-state index contributed by atoms with van der Waals surface area (Å²) in [5.41, 5.74) is 0. The largest absolute Gasteiger partial charge is 0.465 e. The second-order valence-corrected chi connectivity index (χ2v) is 4.64. The lowest BCUT2D eigenvalue weighted by Crippen LogP contribution is -2.39. The van der Waals surface area contributed by atoms with E-state index in [9.17, 15) is 4.79 Å². The van der Waals surface area contributed by atoms with Crippen LogP contribution in [0.3, 0.4) is 0 Å². The van der Waals surface area contributed by atoms with Crippen LogP contribution in [0.15, 0.2) is 0 Å². The van der Waals surface area contributed by atoms with Gasteiger partial charge in [-0.25, -0.2) is 0 Å². The first-order valence-electron chi connectivity index (χ1n) is 5.73. The number of thioether (sulfide) groups is 1. The van der Waals surface area contributed by atoms with Crippen LogP contribution >= 0.6 is 11.8 Å². The molecule has 0 heterocycles. The van der Waals surface area contributed by atoms with Crippen molar-refractivity contribution in [2.45, 2.75) is 39.7 Å². The first-order valence-corrected chi connectivity index (χ1v) is 6.89. The molecule has 0 aromatic carbocycles. The van der Waals surface area contributed by atoms with Gasteiger partial charge >= 0.3 is 5.97 Å². The number of hydrogen-bond acceptors (Lipinski definition) is 4. The molecule has 0 spiro atoms. The minimum Gasteiger partial charge on any atom is -0.465 e. The molecule has 0 aromatic heterocycles. The Hall–Kier alpha value is -0.220. The SMILES string of the molecule is CCCNC(CCSCC)C(=O)OCC. The van der Waals surface area contributed by atoms with Gasteiger partial charge in [0.25, 0.3) is 0 Å². The molecule has 0 amide bonds. The maximum absolute atomic E-state index is 11.5. The van der Waals surface area contributed by atoms with E-state index in [1.807, 2.05) is 18.7 Å². The number of rotatable bonds is 9. The molecule has 0 rings (SSSR count). The van der Waals surface area contributed by atoms with Gasteiger partial charge in [0.15, 0.2) is 0 Å². The smallest absolute Gasteiger partial charge is 0.323 e. The molecule has 3 nitrogen and oxygen atoms in total. The molecule has 1 unspecified atom stereocenters. The van der Waals surface area contributed by atoms with Crippen LogP contribution in [0.1, 0.15) is 33.6 Å². The molecule has 0 aromatic rings. The van der Waals surface area contributed by atoms with Crippen LogP contribution in [0, 0.1) is 0 Å². The average Bonchev–Trinajstić information content (AvgIpc) is 2.23. The number of esters is 1. The van der Waals surface area contributed by atoms with Crippen molar-refractivity contribution < 1.29 is 9.53 Å². The van der Waals surface area contributed by atoms with E-state index in [1.165, 1.54) is 0 Å². The monoisotopic (exact) mass is 233 g/mol. The van der Waals surface area contributed by atoms with Crippen molar-refractivity contribution in [3.8, 4) is 0 Å². The lowest BCUT2D eigenvalue weighted by molar-refractivity contribution is -0.145. The Kier molecular flexibility index (Phi) is 10.2. The van der Waals surface area contributed by atoms with Crippen molar-refractivity contribution in [2.24, 2.45) is 0 Å². The summed E-state index contributed by atoms with van der Waals surface area (Å²) < 4.78 is 5.02. The zero-order chi connectivity index (χ0) is 11.5. The van der Waals surface area contributed by atoms with Crippen molar-refractivity contribution >= 4 is 17.7 Å². The molecule has 0 aliphatic carbocycles. The maximum Gasteiger partial charge on any atom is 0.323 e. The van der Waals surface area contributed by atoms with E-state index < -0.39 is 0 Å². The van der Waals surface area contributed by atoms with Gasteiger partial charge in [0.1, 0.15) is 6.04 Å². The third-order valence-electron chi connectivity index (χ3n) is 1.97. The van der Waals surface area contributed by atoms with Crippen LogP contribution in [0.5, 0.6) is 0 Å².